The molecule has 0 aliphatic rings. The number of carbonyl (C=O) groups is 1. The summed E-state index contributed by atoms with van der Waals surface area (Å²) in [6.45, 7) is 1.96. The lowest BCUT2D eigenvalue weighted by Crippen LogP contribution is -2.09. The first-order valence-electron chi connectivity index (χ1n) is 5.30. The minimum absolute atomic E-state index is 0.0000961. The van der Waals surface area contributed by atoms with Gasteiger partial charge in [-0.1, -0.05) is 29.3 Å². The van der Waals surface area contributed by atoms with Gasteiger partial charge in [-0.05, 0) is 31.2 Å². The minimum Gasteiger partial charge on any atom is -0.292 e. The summed E-state index contributed by atoms with van der Waals surface area (Å²) in [7, 11) is -1.30. The van der Waals surface area contributed by atoms with Crippen molar-refractivity contribution in [2.45, 2.75) is 11.8 Å². The van der Waals surface area contributed by atoms with Gasteiger partial charge in [-0.3, -0.25) is 9.00 Å². The topological polar surface area (TPSA) is 34.1 Å². The Kier molecular flexibility index (Phi) is 4.32. The van der Waals surface area contributed by atoms with Gasteiger partial charge in [-0.25, -0.2) is 0 Å². The summed E-state index contributed by atoms with van der Waals surface area (Å²) >= 11 is 6.98. The van der Waals surface area contributed by atoms with Crippen molar-refractivity contribution in [2.75, 3.05) is 5.75 Å². The molecule has 2 aromatic rings. The van der Waals surface area contributed by atoms with Crippen LogP contribution in [0.1, 0.15) is 15.2 Å². The molecule has 94 valence electrons. The van der Waals surface area contributed by atoms with Gasteiger partial charge in [-0.2, -0.15) is 0 Å². The van der Waals surface area contributed by atoms with Gasteiger partial charge >= 0.3 is 0 Å². The zero-order chi connectivity index (χ0) is 13.1. The summed E-state index contributed by atoms with van der Waals surface area (Å²) in [5, 5.41) is 0. The van der Waals surface area contributed by atoms with Crippen LogP contribution in [-0.2, 0) is 10.8 Å². The van der Waals surface area contributed by atoms with Crippen LogP contribution in [0.3, 0.4) is 0 Å². The van der Waals surface area contributed by atoms with Crippen molar-refractivity contribution in [3.63, 3.8) is 0 Å². The molecule has 5 heteroatoms. The molecule has 0 saturated carbocycles. The standard InChI is InChI=1S/C13H11ClO2S2/c1-9-2-4-10(5-3-9)18(16)8-11(15)12-6-7-13(14)17-12/h2-7H,8H2,1H3. The molecule has 0 bridgehead atoms. The highest BCUT2D eigenvalue weighted by Crippen LogP contribution is 2.22. The highest BCUT2D eigenvalue weighted by atomic mass is 35.5. The van der Waals surface area contributed by atoms with Crippen LogP contribution >= 0.6 is 22.9 Å². The molecule has 1 unspecified atom stereocenters. The van der Waals surface area contributed by atoms with Crippen LogP contribution in [-0.4, -0.2) is 15.7 Å². The van der Waals surface area contributed by atoms with Crippen LogP contribution < -0.4 is 0 Å². The van der Waals surface area contributed by atoms with E-state index in [1.54, 1.807) is 24.3 Å². The Morgan fingerprint density at radius 1 is 1.22 bits per heavy atom. The van der Waals surface area contributed by atoms with E-state index in [1.807, 2.05) is 19.1 Å². The molecule has 2 rings (SSSR count). The van der Waals surface area contributed by atoms with Gasteiger partial charge in [0.2, 0.25) is 0 Å². The van der Waals surface area contributed by atoms with Crippen LogP contribution in [0.25, 0.3) is 0 Å². The maximum Gasteiger partial charge on any atom is 0.185 e. The first-order valence-corrected chi connectivity index (χ1v) is 7.81. The number of halogens is 1. The molecule has 1 aromatic heterocycles. The molecule has 1 atom stereocenters. The van der Waals surface area contributed by atoms with Crippen LogP contribution in [0, 0.1) is 6.92 Å². The molecule has 0 aliphatic carbocycles. The molecule has 0 spiro atoms. The Hall–Kier alpha value is -0.970. The Bertz CT molecular complexity index is 587. The summed E-state index contributed by atoms with van der Waals surface area (Å²) in [5.41, 5.74) is 1.10. The highest BCUT2D eigenvalue weighted by molar-refractivity contribution is 7.85. The molecule has 0 fully saturated rings. The predicted molar refractivity (Wildman–Crippen MR) is 76.1 cm³/mol. The predicted octanol–water partition coefficient (Wildman–Crippen LogP) is 3.70. The quantitative estimate of drug-likeness (QED) is 0.807. The van der Waals surface area contributed by atoms with E-state index in [0.29, 0.717) is 14.1 Å². The average Bonchev–Trinajstić information content (AvgIpc) is 2.76. The fraction of sp³-hybridized carbons (Fsp3) is 0.154. The van der Waals surface area contributed by atoms with E-state index in [0.717, 1.165) is 5.56 Å². The van der Waals surface area contributed by atoms with E-state index in [1.165, 1.54) is 11.3 Å². The van der Waals surface area contributed by atoms with Crippen LogP contribution in [0.4, 0.5) is 0 Å². The zero-order valence-electron chi connectivity index (χ0n) is 9.68. The van der Waals surface area contributed by atoms with Crippen molar-refractivity contribution in [2.24, 2.45) is 0 Å². The normalized spacial score (nSPS) is 12.3. The SMILES string of the molecule is Cc1ccc(S(=O)CC(=O)c2ccc(Cl)s2)cc1. The number of Topliss-reactive ketones (excluding diaryl/α,β-unsaturated/α-hetero) is 1. The number of aryl methyl sites for hydroxylation is 1. The molecule has 1 aromatic carbocycles. The smallest absolute Gasteiger partial charge is 0.185 e. The zero-order valence-corrected chi connectivity index (χ0v) is 12.1. The first-order chi connectivity index (χ1) is 8.56. The lowest BCUT2D eigenvalue weighted by atomic mass is 10.2. The van der Waals surface area contributed by atoms with Gasteiger partial charge in [-0.15, -0.1) is 11.3 Å². The van der Waals surface area contributed by atoms with Crippen molar-refractivity contribution >= 4 is 39.5 Å². The molecular weight excluding hydrogens is 288 g/mol. The van der Waals surface area contributed by atoms with Crippen LogP contribution in [0.15, 0.2) is 41.3 Å². The number of rotatable bonds is 4. The monoisotopic (exact) mass is 298 g/mol. The Morgan fingerprint density at radius 3 is 2.44 bits per heavy atom. The van der Waals surface area contributed by atoms with E-state index < -0.39 is 10.8 Å². The molecule has 0 saturated heterocycles. The number of carbonyl (C=O) groups excluding carboxylic acids is 1. The highest BCUT2D eigenvalue weighted by Gasteiger charge is 2.14. The molecular formula is C13H11ClO2S2. The second-order valence-corrected chi connectivity index (χ2v) is 7.00. The van der Waals surface area contributed by atoms with E-state index >= 15 is 0 Å². The van der Waals surface area contributed by atoms with E-state index in [9.17, 15) is 9.00 Å². The second kappa shape index (κ2) is 5.78. The maximum atomic E-state index is 12.0. The van der Waals surface area contributed by atoms with Gasteiger partial charge in [0.15, 0.2) is 5.78 Å². The molecule has 0 N–H and O–H groups in total. The summed E-state index contributed by atoms with van der Waals surface area (Å²) in [4.78, 5) is 13.1. The number of benzene rings is 1. The summed E-state index contributed by atoms with van der Waals surface area (Å²) in [6.07, 6.45) is 0. The van der Waals surface area contributed by atoms with Gasteiger partial charge in [0.05, 0.1) is 25.8 Å². The van der Waals surface area contributed by atoms with Crippen molar-refractivity contribution < 1.29 is 9.00 Å². The number of hydrogen-bond donors (Lipinski definition) is 0. The number of ketones is 1. The van der Waals surface area contributed by atoms with E-state index in [4.69, 9.17) is 11.6 Å². The van der Waals surface area contributed by atoms with Gasteiger partial charge < -0.3 is 0 Å². The lowest BCUT2D eigenvalue weighted by Gasteiger charge is -2.01. The van der Waals surface area contributed by atoms with Crippen molar-refractivity contribution in [1.82, 2.24) is 0 Å². The number of thiophene rings is 1. The average molecular weight is 299 g/mol. The molecule has 0 aliphatic heterocycles. The minimum atomic E-state index is -1.30. The second-order valence-electron chi connectivity index (χ2n) is 3.83. The van der Waals surface area contributed by atoms with Gasteiger partial charge in [0.1, 0.15) is 0 Å². The van der Waals surface area contributed by atoms with Crippen molar-refractivity contribution in [3.05, 3.63) is 51.2 Å². The summed E-state index contributed by atoms with van der Waals surface area (Å²) in [5.74, 6) is -0.134. The molecule has 2 nitrogen and oxygen atoms in total. The Labute approximate surface area is 117 Å². The fourth-order valence-corrected chi connectivity index (χ4v) is 3.50. The van der Waals surface area contributed by atoms with Crippen molar-refractivity contribution in [1.29, 1.82) is 0 Å². The van der Waals surface area contributed by atoms with E-state index in [2.05, 4.69) is 0 Å². The first kappa shape index (κ1) is 13.5. The van der Waals surface area contributed by atoms with Gasteiger partial charge in [0.25, 0.3) is 0 Å². The van der Waals surface area contributed by atoms with Crippen LogP contribution in [0.2, 0.25) is 4.34 Å². The Balaban J connectivity index is 2.08. The van der Waals surface area contributed by atoms with Gasteiger partial charge in [0, 0.05) is 4.90 Å². The summed E-state index contributed by atoms with van der Waals surface area (Å²) < 4.78 is 12.6. The van der Waals surface area contributed by atoms with Crippen molar-refractivity contribution in [3.8, 4) is 0 Å². The van der Waals surface area contributed by atoms with E-state index in [-0.39, 0.29) is 11.5 Å². The molecule has 0 radical (unpaired) electrons. The summed E-state index contributed by atoms with van der Waals surface area (Å²) in [6, 6.07) is 10.7. The molecule has 18 heavy (non-hydrogen) atoms. The fourth-order valence-electron chi connectivity index (χ4n) is 1.43. The molecule has 0 amide bonds. The maximum absolute atomic E-state index is 12.0. The molecule has 1 heterocycles. The third-order valence-corrected chi connectivity index (χ3v) is 4.99. The Morgan fingerprint density at radius 2 is 1.89 bits per heavy atom. The largest absolute Gasteiger partial charge is 0.292 e. The lowest BCUT2D eigenvalue weighted by molar-refractivity contribution is 0.102. The third-order valence-electron chi connectivity index (χ3n) is 2.39. The third kappa shape index (κ3) is 3.28. The van der Waals surface area contributed by atoms with Crippen LogP contribution in [0.5, 0.6) is 0 Å². The number of hydrogen-bond acceptors (Lipinski definition) is 3.